The molecule has 2 unspecified atom stereocenters. The lowest BCUT2D eigenvalue weighted by Gasteiger charge is -2.39. The smallest absolute Gasteiger partial charge is 0.129 e. The minimum Gasteiger partial charge on any atom is -0.354 e. The number of aromatic nitrogens is 1. The molecule has 0 amide bonds. The van der Waals surface area contributed by atoms with Gasteiger partial charge in [-0.15, -0.1) is 0 Å². The molecule has 0 radical (unpaired) electrons. The quantitative estimate of drug-likeness (QED) is 0.894. The molecule has 2 atom stereocenters. The van der Waals surface area contributed by atoms with Crippen LogP contribution in [0.1, 0.15) is 51.8 Å². The molecule has 1 aliphatic heterocycles. The van der Waals surface area contributed by atoms with E-state index in [2.05, 4.69) is 57.0 Å². The summed E-state index contributed by atoms with van der Waals surface area (Å²) in [6.45, 7) is 14.4. The van der Waals surface area contributed by atoms with Gasteiger partial charge in [-0.25, -0.2) is 4.98 Å². The standard InChI is InChI=1S/C18H31N3/c1-13(2)11-19-12-17-8-9-18(20-15(17)4)21-10-6-7-14(3)16(21)5/h8-9,13-14,16,19H,6-7,10-12H2,1-5H3. The molecule has 1 aromatic rings. The number of nitrogens with one attached hydrogen (secondary N) is 1. The third kappa shape index (κ3) is 4.19. The summed E-state index contributed by atoms with van der Waals surface area (Å²) >= 11 is 0. The van der Waals surface area contributed by atoms with Crippen LogP contribution in [0.4, 0.5) is 5.82 Å². The maximum absolute atomic E-state index is 4.87. The van der Waals surface area contributed by atoms with Gasteiger partial charge in [0.25, 0.3) is 0 Å². The van der Waals surface area contributed by atoms with Gasteiger partial charge in [0.05, 0.1) is 0 Å². The van der Waals surface area contributed by atoms with E-state index in [1.165, 1.54) is 18.4 Å². The molecule has 1 N–H and O–H groups in total. The second-order valence-corrected chi connectivity index (χ2v) is 6.99. The monoisotopic (exact) mass is 289 g/mol. The normalized spacial score (nSPS) is 22.9. The molecular weight excluding hydrogens is 258 g/mol. The van der Waals surface area contributed by atoms with Gasteiger partial charge in [-0.05, 0) is 56.7 Å². The van der Waals surface area contributed by atoms with Gasteiger partial charge < -0.3 is 10.2 Å². The van der Waals surface area contributed by atoms with Crippen LogP contribution in [0.15, 0.2) is 12.1 Å². The van der Waals surface area contributed by atoms with Crippen molar-refractivity contribution in [3.8, 4) is 0 Å². The first-order valence-electron chi connectivity index (χ1n) is 8.43. The van der Waals surface area contributed by atoms with Crippen LogP contribution in [0.3, 0.4) is 0 Å². The molecule has 1 aliphatic rings. The molecule has 118 valence electrons. The molecule has 2 heterocycles. The van der Waals surface area contributed by atoms with Crippen molar-refractivity contribution in [3.05, 3.63) is 23.4 Å². The van der Waals surface area contributed by atoms with Crippen LogP contribution >= 0.6 is 0 Å². The number of piperidine rings is 1. The summed E-state index contributed by atoms with van der Waals surface area (Å²) in [4.78, 5) is 7.34. The number of pyridine rings is 1. The number of rotatable bonds is 5. The number of hydrogen-bond acceptors (Lipinski definition) is 3. The summed E-state index contributed by atoms with van der Waals surface area (Å²) in [5.74, 6) is 2.60. The van der Waals surface area contributed by atoms with E-state index in [-0.39, 0.29) is 0 Å². The van der Waals surface area contributed by atoms with Crippen LogP contribution in [-0.4, -0.2) is 24.1 Å². The number of anilines is 1. The maximum atomic E-state index is 4.87. The molecule has 3 heteroatoms. The zero-order valence-corrected chi connectivity index (χ0v) is 14.3. The summed E-state index contributed by atoms with van der Waals surface area (Å²) < 4.78 is 0. The van der Waals surface area contributed by atoms with E-state index >= 15 is 0 Å². The van der Waals surface area contributed by atoms with Gasteiger partial charge in [0.15, 0.2) is 0 Å². The van der Waals surface area contributed by atoms with Crippen molar-refractivity contribution in [1.82, 2.24) is 10.3 Å². The molecule has 2 rings (SSSR count). The fourth-order valence-electron chi connectivity index (χ4n) is 3.08. The van der Waals surface area contributed by atoms with Crippen molar-refractivity contribution in [3.63, 3.8) is 0 Å². The van der Waals surface area contributed by atoms with Crippen LogP contribution in [-0.2, 0) is 6.54 Å². The number of aryl methyl sites for hydroxylation is 1. The van der Waals surface area contributed by atoms with Crippen LogP contribution in [0.5, 0.6) is 0 Å². The summed E-state index contributed by atoms with van der Waals surface area (Å²) in [7, 11) is 0. The molecule has 3 nitrogen and oxygen atoms in total. The summed E-state index contributed by atoms with van der Waals surface area (Å²) in [6.07, 6.45) is 2.62. The fourth-order valence-corrected chi connectivity index (χ4v) is 3.08. The highest BCUT2D eigenvalue weighted by Gasteiger charge is 2.25. The second kappa shape index (κ2) is 7.26. The van der Waals surface area contributed by atoms with Gasteiger partial charge in [-0.2, -0.15) is 0 Å². The lowest BCUT2D eigenvalue weighted by atomic mass is 9.92. The first kappa shape index (κ1) is 16.3. The highest BCUT2D eigenvalue weighted by atomic mass is 15.2. The Labute approximate surface area is 130 Å². The zero-order chi connectivity index (χ0) is 15.4. The Bertz CT molecular complexity index is 456. The predicted octanol–water partition coefficient (Wildman–Crippen LogP) is 3.76. The van der Waals surface area contributed by atoms with Gasteiger partial charge in [-0.1, -0.05) is 26.8 Å². The largest absolute Gasteiger partial charge is 0.354 e. The Morgan fingerprint density at radius 1 is 1.33 bits per heavy atom. The molecule has 0 aromatic carbocycles. The molecule has 1 fully saturated rings. The van der Waals surface area contributed by atoms with Gasteiger partial charge in [0, 0.05) is 24.8 Å². The second-order valence-electron chi connectivity index (χ2n) is 6.99. The van der Waals surface area contributed by atoms with E-state index in [1.807, 2.05) is 0 Å². The Morgan fingerprint density at radius 2 is 2.10 bits per heavy atom. The molecule has 0 aliphatic carbocycles. The topological polar surface area (TPSA) is 28.2 Å². The van der Waals surface area contributed by atoms with Crippen molar-refractivity contribution in [1.29, 1.82) is 0 Å². The van der Waals surface area contributed by atoms with Crippen molar-refractivity contribution in [2.75, 3.05) is 18.0 Å². The van der Waals surface area contributed by atoms with Gasteiger partial charge in [0.1, 0.15) is 5.82 Å². The third-order valence-corrected chi connectivity index (χ3v) is 4.72. The van der Waals surface area contributed by atoms with E-state index in [1.54, 1.807) is 0 Å². The first-order chi connectivity index (χ1) is 9.99. The average molecular weight is 289 g/mol. The lowest BCUT2D eigenvalue weighted by molar-refractivity contribution is 0.361. The zero-order valence-electron chi connectivity index (χ0n) is 14.3. The Morgan fingerprint density at radius 3 is 2.76 bits per heavy atom. The number of hydrogen-bond donors (Lipinski definition) is 1. The van der Waals surface area contributed by atoms with E-state index in [0.717, 1.165) is 37.1 Å². The Hall–Kier alpha value is -1.09. The van der Waals surface area contributed by atoms with E-state index in [4.69, 9.17) is 4.98 Å². The summed E-state index contributed by atoms with van der Waals surface area (Å²) in [5, 5.41) is 3.50. The van der Waals surface area contributed by atoms with Crippen LogP contribution in [0.2, 0.25) is 0 Å². The molecule has 1 saturated heterocycles. The Kier molecular flexibility index (Phi) is 5.63. The van der Waals surface area contributed by atoms with Crippen molar-refractivity contribution in [2.45, 2.75) is 60.0 Å². The van der Waals surface area contributed by atoms with Crippen molar-refractivity contribution in [2.24, 2.45) is 11.8 Å². The van der Waals surface area contributed by atoms with E-state index in [0.29, 0.717) is 12.0 Å². The molecular formula is C18H31N3. The third-order valence-electron chi connectivity index (χ3n) is 4.72. The molecule has 21 heavy (non-hydrogen) atoms. The van der Waals surface area contributed by atoms with Crippen LogP contribution < -0.4 is 10.2 Å². The maximum Gasteiger partial charge on any atom is 0.129 e. The van der Waals surface area contributed by atoms with Gasteiger partial charge in [-0.3, -0.25) is 0 Å². The average Bonchev–Trinajstić information content (AvgIpc) is 2.43. The lowest BCUT2D eigenvalue weighted by Crippen LogP contribution is -2.43. The molecule has 0 spiro atoms. The SMILES string of the molecule is Cc1nc(N2CCCC(C)C2C)ccc1CNCC(C)C. The van der Waals surface area contributed by atoms with Gasteiger partial charge in [0.2, 0.25) is 0 Å². The van der Waals surface area contributed by atoms with Crippen molar-refractivity contribution < 1.29 is 0 Å². The highest BCUT2D eigenvalue weighted by Crippen LogP contribution is 2.27. The number of nitrogens with zero attached hydrogens (tertiary/aromatic N) is 2. The highest BCUT2D eigenvalue weighted by molar-refractivity contribution is 5.43. The molecule has 0 bridgehead atoms. The Balaban J connectivity index is 2.04. The minimum atomic E-state index is 0.593. The summed E-state index contributed by atoms with van der Waals surface area (Å²) in [5.41, 5.74) is 2.48. The first-order valence-corrected chi connectivity index (χ1v) is 8.43. The molecule has 0 saturated carbocycles. The van der Waals surface area contributed by atoms with Crippen LogP contribution in [0, 0.1) is 18.8 Å². The van der Waals surface area contributed by atoms with Crippen molar-refractivity contribution >= 4 is 5.82 Å². The van der Waals surface area contributed by atoms with E-state index < -0.39 is 0 Å². The van der Waals surface area contributed by atoms with Crippen LogP contribution in [0.25, 0.3) is 0 Å². The van der Waals surface area contributed by atoms with Gasteiger partial charge >= 0.3 is 0 Å². The fraction of sp³-hybridized carbons (Fsp3) is 0.722. The van der Waals surface area contributed by atoms with E-state index in [9.17, 15) is 0 Å². The molecule has 1 aromatic heterocycles. The minimum absolute atomic E-state index is 0.593. The summed E-state index contributed by atoms with van der Waals surface area (Å²) in [6, 6.07) is 5.04. The predicted molar refractivity (Wildman–Crippen MR) is 90.7 cm³/mol.